The molecule has 3 amide bonds. The quantitative estimate of drug-likeness (QED) is 0.675. The number of carbonyl (C=O) groups excluding carboxylic acids is 2. The van der Waals surface area contributed by atoms with Crippen LogP contribution in [0.25, 0.3) is 0 Å². The summed E-state index contributed by atoms with van der Waals surface area (Å²) in [6.45, 7) is 6.33. The number of fused-ring (bicyclic) bond motifs is 1. The molecule has 0 bridgehead atoms. The van der Waals surface area contributed by atoms with Gasteiger partial charge >= 0.3 is 6.03 Å². The molecular formula is C24H31N5O4S. The summed E-state index contributed by atoms with van der Waals surface area (Å²) in [5.74, 6) is 0.504. The summed E-state index contributed by atoms with van der Waals surface area (Å²) in [4.78, 5) is 31.2. The van der Waals surface area contributed by atoms with Crippen LogP contribution in [0.5, 0.6) is 5.75 Å². The Hall–Kier alpha value is -3.11. The van der Waals surface area contributed by atoms with Crippen LogP contribution in [0, 0.1) is 0 Å². The molecule has 0 aromatic heterocycles. The summed E-state index contributed by atoms with van der Waals surface area (Å²) in [5, 5.41) is 2.93. The van der Waals surface area contributed by atoms with E-state index < -0.39 is 11.0 Å². The molecule has 10 heteroatoms. The zero-order valence-electron chi connectivity index (χ0n) is 19.8. The Morgan fingerprint density at radius 3 is 2.32 bits per heavy atom. The number of hydrogen-bond acceptors (Lipinski definition) is 6. The fraction of sp³-hybridized carbons (Fsp3) is 0.417. The highest BCUT2D eigenvalue weighted by molar-refractivity contribution is 7.83. The third kappa shape index (κ3) is 5.34. The Balaban J connectivity index is 1.48. The molecule has 1 saturated heterocycles. The molecule has 0 spiro atoms. The SMILES string of the molecule is COc1ccc(N2CCN(C)CC2)c2c1CCN(C(=O)Nc1ccc(S(=O)NC(C)=O)cc1)C2. The van der Waals surface area contributed by atoms with Crippen LogP contribution in [-0.2, 0) is 28.7 Å². The van der Waals surface area contributed by atoms with Gasteiger partial charge in [-0.3, -0.25) is 9.52 Å². The summed E-state index contributed by atoms with van der Waals surface area (Å²) in [6, 6.07) is 10.6. The molecule has 182 valence electrons. The Bertz CT molecular complexity index is 1080. The van der Waals surface area contributed by atoms with Crippen molar-refractivity contribution in [1.29, 1.82) is 0 Å². The summed E-state index contributed by atoms with van der Waals surface area (Å²) >= 11 is 0. The van der Waals surface area contributed by atoms with Crippen molar-refractivity contribution in [2.45, 2.75) is 24.8 Å². The number of nitrogens with one attached hydrogen (secondary N) is 2. The summed E-state index contributed by atoms with van der Waals surface area (Å²) in [6.07, 6.45) is 0.724. The molecule has 2 N–H and O–H groups in total. The second kappa shape index (κ2) is 10.4. The highest BCUT2D eigenvalue weighted by Gasteiger charge is 2.28. The smallest absolute Gasteiger partial charge is 0.322 e. The zero-order valence-corrected chi connectivity index (χ0v) is 20.6. The minimum absolute atomic E-state index is 0.187. The standard InChI is InChI=1S/C24H31N5O4S/c1-17(30)26-34(32)19-6-4-18(5-7-19)25-24(31)29-11-10-20-21(16-29)22(8-9-23(20)33-3)28-14-12-27(2)13-15-28/h4-9H,10-16H2,1-3H3,(H,25,31)(H,26,30). The molecule has 1 fully saturated rings. The number of methoxy groups -OCH3 is 1. The lowest BCUT2D eigenvalue weighted by molar-refractivity contribution is -0.117. The molecule has 2 aromatic carbocycles. The average molecular weight is 486 g/mol. The first-order valence-electron chi connectivity index (χ1n) is 11.3. The zero-order chi connectivity index (χ0) is 24.2. The van der Waals surface area contributed by atoms with Gasteiger partial charge in [0, 0.05) is 68.7 Å². The van der Waals surface area contributed by atoms with Crippen LogP contribution in [0.3, 0.4) is 0 Å². The first kappa shape index (κ1) is 24.0. The van der Waals surface area contributed by atoms with Crippen LogP contribution in [-0.4, -0.2) is 72.8 Å². The molecule has 2 aliphatic rings. The van der Waals surface area contributed by atoms with Gasteiger partial charge in [-0.15, -0.1) is 0 Å². The molecule has 2 aliphatic heterocycles. The maximum atomic E-state index is 13.1. The van der Waals surface area contributed by atoms with Crippen molar-refractivity contribution in [1.82, 2.24) is 14.5 Å². The molecule has 0 saturated carbocycles. The Morgan fingerprint density at radius 1 is 0.971 bits per heavy atom. The summed E-state index contributed by atoms with van der Waals surface area (Å²) < 4.78 is 20.0. The number of amides is 3. The van der Waals surface area contributed by atoms with Crippen LogP contribution in [0.4, 0.5) is 16.2 Å². The predicted octanol–water partition coefficient (Wildman–Crippen LogP) is 2.20. The monoisotopic (exact) mass is 485 g/mol. The molecule has 1 atom stereocenters. The number of hydrogen-bond donors (Lipinski definition) is 2. The van der Waals surface area contributed by atoms with Crippen LogP contribution in [0.15, 0.2) is 41.3 Å². The van der Waals surface area contributed by atoms with E-state index in [9.17, 15) is 13.8 Å². The topological polar surface area (TPSA) is 94.2 Å². The van der Waals surface area contributed by atoms with Crippen molar-refractivity contribution in [3.63, 3.8) is 0 Å². The van der Waals surface area contributed by atoms with Gasteiger partial charge < -0.3 is 24.8 Å². The molecule has 2 aromatic rings. The molecule has 2 heterocycles. The van der Waals surface area contributed by atoms with E-state index in [1.807, 2.05) is 11.0 Å². The van der Waals surface area contributed by atoms with Gasteiger partial charge in [0.15, 0.2) is 11.0 Å². The fourth-order valence-electron chi connectivity index (χ4n) is 4.39. The molecular weight excluding hydrogens is 454 g/mol. The second-order valence-electron chi connectivity index (χ2n) is 8.59. The summed E-state index contributed by atoms with van der Waals surface area (Å²) in [7, 11) is 2.21. The van der Waals surface area contributed by atoms with Gasteiger partial charge in [-0.2, -0.15) is 0 Å². The van der Waals surface area contributed by atoms with E-state index in [4.69, 9.17) is 4.74 Å². The number of rotatable bonds is 5. The van der Waals surface area contributed by atoms with Gasteiger partial charge in [0.1, 0.15) is 5.75 Å². The number of ether oxygens (including phenoxy) is 1. The molecule has 0 aliphatic carbocycles. The number of anilines is 2. The van der Waals surface area contributed by atoms with E-state index in [1.165, 1.54) is 18.2 Å². The average Bonchev–Trinajstić information content (AvgIpc) is 2.83. The highest BCUT2D eigenvalue weighted by Crippen LogP contribution is 2.36. The number of benzene rings is 2. The van der Waals surface area contributed by atoms with Gasteiger partial charge in [-0.05, 0) is 49.9 Å². The lowest BCUT2D eigenvalue weighted by Gasteiger charge is -2.38. The first-order chi connectivity index (χ1) is 16.4. The van der Waals surface area contributed by atoms with E-state index in [0.29, 0.717) is 23.7 Å². The van der Waals surface area contributed by atoms with Gasteiger partial charge in [0.25, 0.3) is 0 Å². The minimum Gasteiger partial charge on any atom is -0.496 e. The lowest BCUT2D eigenvalue weighted by Crippen LogP contribution is -2.46. The number of urea groups is 1. The van der Waals surface area contributed by atoms with E-state index in [2.05, 4.69) is 33.0 Å². The van der Waals surface area contributed by atoms with Gasteiger partial charge in [0.2, 0.25) is 5.91 Å². The normalized spacial score (nSPS) is 17.0. The molecule has 34 heavy (non-hydrogen) atoms. The van der Waals surface area contributed by atoms with Crippen molar-refractivity contribution in [2.24, 2.45) is 0 Å². The Morgan fingerprint density at radius 2 is 1.68 bits per heavy atom. The van der Waals surface area contributed by atoms with Crippen LogP contribution >= 0.6 is 0 Å². The van der Waals surface area contributed by atoms with Crippen molar-refractivity contribution in [3.05, 3.63) is 47.5 Å². The number of likely N-dealkylation sites (N-methyl/N-ethyl adjacent to an activating group) is 1. The van der Waals surface area contributed by atoms with Crippen molar-refractivity contribution in [2.75, 3.05) is 57.1 Å². The molecule has 4 rings (SSSR count). The van der Waals surface area contributed by atoms with Crippen molar-refractivity contribution in [3.8, 4) is 5.75 Å². The summed E-state index contributed by atoms with van der Waals surface area (Å²) in [5.41, 5.74) is 4.09. The molecule has 9 nitrogen and oxygen atoms in total. The fourth-order valence-corrected chi connectivity index (χ4v) is 5.15. The van der Waals surface area contributed by atoms with Crippen molar-refractivity contribution < 1.29 is 18.5 Å². The minimum atomic E-state index is -1.62. The number of nitrogens with zero attached hydrogens (tertiary/aromatic N) is 3. The Kier molecular flexibility index (Phi) is 7.38. The molecule has 0 radical (unpaired) electrons. The van der Waals surface area contributed by atoms with E-state index >= 15 is 0 Å². The van der Waals surface area contributed by atoms with Gasteiger partial charge in [-0.25, -0.2) is 9.00 Å². The predicted molar refractivity (Wildman–Crippen MR) is 133 cm³/mol. The number of piperazine rings is 1. The van der Waals surface area contributed by atoms with E-state index in [-0.39, 0.29) is 11.9 Å². The highest BCUT2D eigenvalue weighted by atomic mass is 32.2. The maximum absolute atomic E-state index is 13.1. The first-order valence-corrected chi connectivity index (χ1v) is 12.5. The maximum Gasteiger partial charge on any atom is 0.322 e. The van der Waals surface area contributed by atoms with Gasteiger partial charge in [-0.1, -0.05) is 0 Å². The van der Waals surface area contributed by atoms with Gasteiger partial charge in [0.05, 0.1) is 12.0 Å². The largest absolute Gasteiger partial charge is 0.496 e. The van der Waals surface area contributed by atoms with Crippen LogP contribution in [0.1, 0.15) is 18.1 Å². The molecule has 1 unspecified atom stereocenters. The third-order valence-electron chi connectivity index (χ3n) is 6.25. The lowest BCUT2D eigenvalue weighted by atomic mass is 9.96. The third-order valence-corrected chi connectivity index (χ3v) is 7.42. The van der Waals surface area contributed by atoms with E-state index in [1.54, 1.807) is 31.4 Å². The second-order valence-corrected chi connectivity index (χ2v) is 9.80. The Labute approximate surface area is 202 Å². The van der Waals surface area contributed by atoms with Crippen LogP contribution < -0.4 is 19.7 Å². The van der Waals surface area contributed by atoms with E-state index in [0.717, 1.165) is 43.9 Å². The van der Waals surface area contributed by atoms with Crippen LogP contribution in [0.2, 0.25) is 0 Å². The van der Waals surface area contributed by atoms with Crippen molar-refractivity contribution >= 4 is 34.3 Å². The number of carbonyl (C=O) groups is 2.